The van der Waals surface area contributed by atoms with Crippen molar-refractivity contribution in [3.05, 3.63) is 23.8 Å². The van der Waals surface area contributed by atoms with Gasteiger partial charge in [-0.3, -0.25) is 0 Å². The third-order valence-corrected chi connectivity index (χ3v) is 2.37. The predicted molar refractivity (Wildman–Crippen MR) is 49.2 cm³/mol. The highest BCUT2D eigenvalue weighted by molar-refractivity contribution is 7.79. The van der Waals surface area contributed by atoms with Crippen molar-refractivity contribution in [2.75, 3.05) is 7.11 Å². The zero-order valence-electron chi connectivity index (χ0n) is 7.38. The fraction of sp³-hybridized carbons (Fsp3) is 0.250. The SMILES string of the molecule is COc1ccc(C(O)O)cc1S(=O)O. The average molecular weight is 218 g/mol. The van der Waals surface area contributed by atoms with Crippen molar-refractivity contribution >= 4 is 11.1 Å². The van der Waals surface area contributed by atoms with Crippen LogP contribution in [0.15, 0.2) is 23.1 Å². The second-order valence-electron chi connectivity index (χ2n) is 2.53. The first-order chi connectivity index (χ1) is 6.56. The summed E-state index contributed by atoms with van der Waals surface area (Å²) in [6.45, 7) is 0. The second kappa shape index (κ2) is 4.52. The Hall–Kier alpha value is -0.950. The van der Waals surface area contributed by atoms with E-state index in [0.29, 0.717) is 0 Å². The summed E-state index contributed by atoms with van der Waals surface area (Å²) in [6, 6.07) is 4.01. The largest absolute Gasteiger partial charge is 0.495 e. The molecule has 0 fully saturated rings. The zero-order chi connectivity index (χ0) is 10.7. The van der Waals surface area contributed by atoms with Gasteiger partial charge in [-0.25, -0.2) is 4.21 Å². The Morgan fingerprint density at radius 3 is 2.50 bits per heavy atom. The van der Waals surface area contributed by atoms with Gasteiger partial charge in [0, 0.05) is 5.56 Å². The third-order valence-electron chi connectivity index (χ3n) is 1.67. The van der Waals surface area contributed by atoms with Gasteiger partial charge in [-0.15, -0.1) is 0 Å². The molecule has 1 aromatic carbocycles. The molecule has 0 aliphatic carbocycles. The molecule has 0 saturated carbocycles. The van der Waals surface area contributed by atoms with E-state index in [9.17, 15) is 4.21 Å². The van der Waals surface area contributed by atoms with Crippen LogP contribution in [0.2, 0.25) is 0 Å². The summed E-state index contributed by atoms with van der Waals surface area (Å²) in [4.78, 5) is 0.0121. The number of aliphatic hydroxyl groups excluding tert-OH is 1. The van der Waals surface area contributed by atoms with Gasteiger partial charge in [0.05, 0.1) is 7.11 Å². The van der Waals surface area contributed by atoms with E-state index in [2.05, 4.69) is 0 Å². The zero-order valence-corrected chi connectivity index (χ0v) is 8.19. The van der Waals surface area contributed by atoms with E-state index in [1.807, 2.05) is 0 Å². The smallest absolute Gasteiger partial charge is 0.190 e. The summed E-state index contributed by atoms with van der Waals surface area (Å²) in [7, 11) is 1.36. The Kier molecular flexibility index (Phi) is 3.59. The van der Waals surface area contributed by atoms with Crippen molar-refractivity contribution in [2.24, 2.45) is 0 Å². The highest BCUT2D eigenvalue weighted by atomic mass is 32.2. The van der Waals surface area contributed by atoms with Crippen molar-refractivity contribution in [1.82, 2.24) is 0 Å². The molecule has 5 nitrogen and oxygen atoms in total. The van der Waals surface area contributed by atoms with Gasteiger partial charge in [0.2, 0.25) is 0 Å². The van der Waals surface area contributed by atoms with Gasteiger partial charge in [0.1, 0.15) is 10.6 Å². The molecule has 0 heterocycles. The molecule has 0 amide bonds. The number of hydrogen-bond donors (Lipinski definition) is 3. The lowest BCUT2D eigenvalue weighted by Crippen LogP contribution is -2.00. The van der Waals surface area contributed by atoms with E-state index >= 15 is 0 Å². The maximum Gasteiger partial charge on any atom is 0.190 e. The molecule has 1 aromatic rings. The van der Waals surface area contributed by atoms with Gasteiger partial charge >= 0.3 is 0 Å². The Morgan fingerprint density at radius 1 is 1.43 bits per heavy atom. The molecular formula is C8H10O5S. The molecule has 0 aromatic heterocycles. The van der Waals surface area contributed by atoms with Crippen LogP contribution in [0.1, 0.15) is 11.9 Å². The molecule has 14 heavy (non-hydrogen) atoms. The minimum atomic E-state index is -2.21. The van der Waals surface area contributed by atoms with E-state index in [1.165, 1.54) is 25.3 Å². The average Bonchev–Trinajstić information content (AvgIpc) is 2.16. The lowest BCUT2D eigenvalue weighted by Gasteiger charge is -2.08. The van der Waals surface area contributed by atoms with E-state index in [1.54, 1.807) is 0 Å². The maximum atomic E-state index is 10.8. The normalized spacial score (nSPS) is 12.9. The van der Waals surface area contributed by atoms with Crippen LogP contribution in [0.3, 0.4) is 0 Å². The van der Waals surface area contributed by atoms with Crippen molar-refractivity contribution in [2.45, 2.75) is 11.2 Å². The second-order valence-corrected chi connectivity index (χ2v) is 3.47. The number of methoxy groups -OCH3 is 1. The van der Waals surface area contributed by atoms with Crippen molar-refractivity contribution in [3.63, 3.8) is 0 Å². The first-order valence-electron chi connectivity index (χ1n) is 3.71. The van der Waals surface area contributed by atoms with Crippen LogP contribution in [0, 0.1) is 0 Å². The van der Waals surface area contributed by atoms with Crippen LogP contribution < -0.4 is 4.74 Å². The number of hydrogen-bond acceptors (Lipinski definition) is 4. The van der Waals surface area contributed by atoms with Crippen LogP contribution >= 0.6 is 0 Å². The molecule has 0 bridgehead atoms. The van der Waals surface area contributed by atoms with Crippen LogP contribution in [0.4, 0.5) is 0 Å². The third kappa shape index (κ3) is 2.30. The Morgan fingerprint density at radius 2 is 2.07 bits per heavy atom. The molecule has 1 rings (SSSR count). The first-order valence-corrected chi connectivity index (χ1v) is 4.82. The molecule has 6 heteroatoms. The van der Waals surface area contributed by atoms with Gasteiger partial charge in [-0.05, 0) is 12.1 Å². The molecule has 0 radical (unpaired) electrons. The molecule has 0 aliphatic heterocycles. The monoisotopic (exact) mass is 218 g/mol. The van der Waals surface area contributed by atoms with Gasteiger partial charge in [0.25, 0.3) is 0 Å². The highest BCUT2D eigenvalue weighted by Gasteiger charge is 2.12. The van der Waals surface area contributed by atoms with Gasteiger partial charge in [0.15, 0.2) is 17.4 Å². The summed E-state index contributed by atoms with van der Waals surface area (Å²) in [5.41, 5.74) is 0.142. The minimum Gasteiger partial charge on any atom is -0.495 e. The van der Waals surface area contributed by atoms with Crippen LogP contribution in [0.5, 0.6) is 5.75 Å². The summed E-state index contributed by atoms with van der Waals surface area (Å²) in [5, 5.41) is 17.7. The molecule has 1 unspecified atom stereocenters. The summed E-state index contributed by atoms with van der Waals surface area (Å²) < 4.78 is 24.5. The summed E-state index contributed by atoms with van der Waals surface area (Å²) in [6.07, 6.45) is -1.66. The van der Waals surface area contributed by atoms with Crippen molar-refractivity contribution in [1.29, 1.82) is 0 Å². The fourth-order valence-electron chi connectivity index (χ4n) is 0.990. The number of rotatable bonds is 3. The van der Waals surface area contributed by atoms with E-state index < -0.39 is 17.4 Å². The van der Waals surface area contributed by atoms with Crippen molar-refractivity contribution in [3.8, 4) is 5.75 Å². The van der Waals surface area contributed by atoms with Gasteiger partial charge < -0.3 is 19.5 Å². The Balaban J connectivity index is 3.21. The number of aliphatic hydroxyl groups is 2. The topological polar surface area (TPSA) is 87.0 Å². The lowest BCUT2D eigenvalue weighted by molar-refractivity contribution is -0.0426. The van der Waals surface area contributed by atoms with E-state index in [-0.39, 0.29) is 16.2 Å². The molecule has 78 valence electrons. The van der Waals surface area contributed by atoms with Crippen LogP contribution in [0.25, 0.3) is 0 Å². The fourth-order valence-corrected chi connectivity index (χ4v) is 1.55. The standard InChI is InChI=1S/C8H10O5S/c1-13-6-3-2-5(8(9)10)4-7(6)14(11)12/h2-4,8-10H,1H3,(H,11,12). The van der Waals surface area contributed by atoms with E-state index in [0.717, 1.165) is 0 Å². The molecule has 0 aliphatic rings. The molecule has 3 N–H and O–H groups in total. The Bertz CT molecular complexity index is 350. The molecule has 0 saturated heterocycles. The summed E-state index contributed by atoms with van der Waals surface area (Å²) in [5.74, 6) is 0.232. The molecular weight excluding hydrogens is 208 g/mol. The maximum absolute atomic E-state index is 10.8. The van der Waals surface area contributed by atoms with Crippen LogP contribution in [-0.4, -0.2) is 26.1 Å². The van der Waals surface area contributed by atoms with Gasteiger partial charge in [-0.2, -0.15) is 0 Å². The molecule has 0 spiro atoms. The summed E-state index contributed by atoms with van der Waals surface area (Å²) >= 11 is -2.21. The highest BCUT2D eigenvalue weighted by Crippen LogP contribution is 2.24. The minimum absolute atomic E-state index is 0.0121. The van der Waals surface area contributed by atoms with Crippen molar-refractivity contribution < 1.29 is 23.7 Å². The number of ether oxygens (including phenoxy) is 1. The molecule has 1 atom stereocenters. The van der Waals surface area contributed by atoms with Gasteiger partial charge in [-0.1, -0.05) is 6.07 Å². The van der Waals surface area contributed by atoms with E-state index in [4.69, 9.17) is 19.5 Å². The number of benzene rings is 1. The Labute approximate surface area is 83.2 Å². The lowest BCUT2D eigenvalue weighted by atomic mass is 10.2. The first kappa shape index (κ1) is 11.1. The van der Waals surface area contributed by atoms with Crippen LogP contribution in [-0.2, 0) is 11.1 Å². The predicted octanol–water partition coefficient (Wildman–Crippen LogP) is 0.259. The quantitative estimate of drug-likeness (QED) is 0.500.